The van der Waals surface area contributed by atoms with Gasteiger partial charge in [0.1, 0.15) is 0 Å². The summed E-state index contributed by atoms with van der Waals surface area (Å²) in [6.07, 6.45) is 0. The third-order valence-electron chi connectivity index (χ3n) is 11.5. The molecule has 0 unspecified atom stereocenters. The highest BCUT2D eigenvalue weighted by Crippen LogP contribution is 2.38. The van der Waals surface area contributed by atoms with Gasteiger partial charge in [-0.05, 0) is 87.9 Å². The summed E-state index contributed by atoms with van der Waals surface area (Å²) >= 11 is 0. The molecule has 10 aromatic carbocycles. The van der Waals surface area contributed by atoms with Crippen LogP contribution in [0.15, 0.2) is 218 Å². The maximum atomic E-state index is 5.33. The number of rotatable bonds is 4. The zero-order valence-electron chi connectivity index (χ0n) is 31.7. The lowest BCUT2D eigenvalue weighted by molar-refractivity contribution is 1.18. The molecule has 1 heterocycles. The second-order valence-corrected chi connectivity index (χ2v) is 14.9. The highest BCUT2D eigenvalue weighted by molar-refractivity contribution is 6.26. The topological polar surface area (TPSA) is 25.8 Å². The van der Waals surface area contributed by atoms with Crippen molar-refractivity contribution in [2.24, 2.45) is 0 Å². The van der Waals surface area contributed by atoms with Gasteiger partial charge < -0.3 is 0 Å². The van der Waals surface area contributed by atoms with Gasteiger partial charge in [-0.15, -0.1) is 0 Å². The highest BCUT2D eigenvalue weighted by Gasteiger charge is 2.14. The van der Waals surface area contributed by atoms with Crippen molar-refractivity contribution < 1.29 is 0 Å². The number of nitrogens with zero attached hydrogens (tertiary/aromatic N) is 2. The van der Waals surface area contributed by atoms with Gasteiger partial charge in [-0.25, -0.2) is 9.97 Å². The molecule has 0 aliphatic carbocycles. The summed E-state index contributed by atoms with van der Waals surface area (Å²) in [5, 5.41) is 14.4. The molecule has 11 rings (SSSR count). The molecule has 0 fully saturated rings. The molecule has 0 amide bonds. The van der Waals surface area contributed by atoms with E-state index in [1.54, 1.807) is 0 Å². The molecule has 0 radical (unpaired) electrons. The zero-order valence-corrected chi connectivity index (χ0v) is 31.7. The molecular formula is C56H36N2. The molecule has 58 heavy (non-hydrogen) atoms. The van der Waals surface area contributed by atoms with E-state index in [0.29, 0.717) is 5.82 Å². The monoisotopic (exact) mass is 736 g/mol. The van der Waals surface area contributed by atoms with Crippen LogP contribution in [0.3, 0.4) is 0 Å². The highest BCUT2D eigenvalue weighted by atomic mass is 14.9. The molecule has 0 aliphatic heterocycles. The number of fused-ring (bicyclic) bond motifs is 11. The molecule has 2 nitrogen and oxygen atoms in total. The fourth-order valence-electron chi connectivity index (χ4n) is 8.73. The maximum Gasteiger partial charge on any atom is 0.160 e. The molecule has 0 saturated heterocycles. The molecule has 0 N–H and O–H groups in total. The predicted molar refractivity (Wildman–Crippen MR) is 246 cm³/mol. The van der Waals surface area contributed by atoms with Crippen molar-refractivity contribution >= 4 is 64.6 Å². The van der Waals surface area contributed by atoms with Crippen molar-refractivity contribution in [2.45, 2.75) is 0 Å². The quantitative estimate of drug-likeness (QED) is 0.180. The van der Waals surface area contributed by atoms with Crippen LogP contribution in [0.4, 0.5) is 0 Å². The SMILES string of the molecule is c1ccc(-c2cc(-c3ccc(-c4cccc5ccccc45)cc3)nc(-c3ccc4c5ccccc5c5ccccc5c5ccccc5c5ccccc5c4c3)n2)cc1. The van der Waals surface area contributed by atoms with Crippen LogP contribution in [0.5, 0.6) is 0 Å². The third-order valence-corrected chi connectivity index (χ3v) is 11.5. The van der Waals surface area contributed by atoms with Gasteiger partial charge in [0.2, 0.25) is 0 Å². The maximum absolute atomic E-state index is 5.33. The third kappa shape index (κ3) is 5.82. The number of hydrogen-bond acceptors (Lipinski definition) is 2. The van der Waals surface area contributed by atoms with Crippen LogP contribution in [0.1, 0.15) is 0 Å². The van der Waals surface area contributed by atoms with Gasteiger partial charge in [-0.1, -0.05) is 206 Å². The first kappa shape index (κ1) is 33.6. The summed E-state index contributed by atoms with van der Waals surface area (Å²) in [6.45, 7) is 0. The predicted octanol–water partition coefficient (Wildman–Crippen LogP) is 15.2. The Morgan fingerprint density at radius 1 is 0.224 bits per heavy atom. The lowest BCUT2D eigenvalue weighted by Crippen LogP contribution is -1.96. The molecule has 270 valence electrons. The summed E-state index contributed by atoms with van der Waals surface area (Å²) in [7, 11) is 0. The van der Waals surface area contributed by atoms with Crippen LogP contribution in [0.2, 0.25) is 0 Å². The Balaban J connectivity index is 1.17. The number of benzene rings is 9. The summed E-state index contributed by atoms with van der Waals surface area (Å²) in [6, 6.07) is 78.4. The molecule has 1 aromatic heterocycles. The lowest BCUT2D eigenvalue weighted by atomic mass is 9.93. The summed E-state index contributed by atoms with van der Waals surface area (Å²) in [4.78, 5) is 10.6. The standard InChI is InChI=1S/C56H36N2/c1-2-16-39(17-3-1)54-36-55(40-31-29-38(30-32-40)43-28-14-18-37-15-4-5-19-42(37)43)58-56(57-54)41-33-34-52-50-26-11-10-24-48(50)46-22-7-6-20-44(46)45-21-8-9-23-47(45)49-25-12-13-27-51(49)53(52)35-41/h1-36H. The second kappa shape index (κ2) is 14.1. The van der Waals surface area contributed by atoms with Crippen LogP contribution in [0.25, 0.3) is 110 Å². The van der Waals surface area contributed by atoms with Gasteiger partial charge in [0, 0.05) is 16.7 Å². The summed E-state index contributed by atoms with van der Waals surface area (Å²) < 4.78 is 0. The van der Waals surface area contributed by atoms with E-state index in [2.05, 4.69) is 212 Å². The fourth-order valence-corrected chi connectivity index (χ4v) is 8.73. The van der Waals surface area contributed by atoms with E-state index in [4.69, 9.17) is 9.97 Å². The van der Waals surface area contributed by atoms with E-state index in [1.807, 2.05) is 6.07 Å². The number of aromatic nitrogens is 2. The first-order valence-electron chi connectivity index (χ1n) is 19.8. The fraction of sp³-hybridized carbons (Fsp3) is 0. The van der Waals surface area contributed by atoms with Crippen LogP contribution < -0.4 is 0 Å². The Labute approximate surface area is 336 Å². The van der Waals surface area contributed by atoms with E-state index in [0.717, 1.165) is 33.5 Å². The van der Waals surface area contributed by atoms with Gasteiger partial charge in [-0.3, -0.25) is 0 Å². The minimum atomic E-state index is 0.686. The van der Waals surface area contributed by atoms with E-state index < -0.39 is 0 Å². The van der Waals surface area contributed by atoms with Gasteiger partial charge in [0.05, 0.1) is 11.4 Å². The zero-order chi connectivity index (χ0) is 38.4. The first-order valence-corrected chi connectivity index (χ1v) is 19.8. The molecule has 0 atom stereocenters. The normalized spacial score (nSPS) is 11.4. The minimum absolute atomic E-state index is 0.686. The van der Waals surface area contributed by atoms with Crippen molar-refractivity contribution in [3.8, 4) is 45.0 Å². The molecule has 11 aromatic rings. The minimum Gasteiger partial charge on any atom is -0.228 e. The Kier molecular flexibility index (Phi) is 8.19. The molecule has 0 bridgehead atoms. The lowest BCUT2D eigenvalue weighted by Gasteiger charge is -2.12. The smallest absolute Gasteiger partial charge is 0.160 e. The van der Waals surface area contributed by atoms with Gasteiger partial charge >= 0.3 is 0 Å². The van der Waals surface area contributed by atoms with Crippen molar-refractivity contribution in [2.75, 3.05) is 0 Å². The van der Waals surface area contributed by atoms with Crippen molar-refractivity contribution in [3.05, 3.63) is 218 Å². The van der Waals surface area contributed by atoms with Gasteiger partial charge in [-0.2, -0.15) is 0 Å². The van der Waals surface area contributed by atoms with Crippen molar-refractivity contribution in [1.82, 2.24) is 9.97 Å². The van der Waals surface area contributed by atoms with E-state index >= 15 is 0 Å². The summed E-state index contributed by atoms with van der Waals surface area (Å²) in [5.41, 5.74) is 7.21. The second-order valence-electron chi connectivity index (χ2n) is 14.9. The first-order chi connectivity index (χ1) is 28.8. The Morgan fingerprint density at radius 3 is 1.14 bits per heavy atom. The van der Waals surface area contributed by atoms with Crippen LogP contribution >= 0.6 is 0 Å². The van der Waals surface area contributed by atoms with Crippen LogP contribution in [-0.4, -0.2) is 9.97 Å². The van der Waals surface area contributed by atoms with Crippen molar-refractivity contribution in [3.63, 3.8) is 0 Å². The summed E-state index contributed by atoms with van der Waals surface area (Å²) in [5.74, 6) is 0.686. The number of hydrogen-bond donors (Lipinski definition) is 0. The molecular weight excluding hydrogens is 701 g/mol. The van der Waals surface area contributed by atoms with Crippen LogP contribution in [0, 0.1) is 0 Å². The van der Waals surface area contributed by atoms with E-state index in [-0.39, 0.29) is 0 Å². The van der Waals surface area contributed by atoms with Crippen LogP contribution in [-0.2, 0) is 0 Å². The Bertz CT molecular complexity index is 3360. The molecule has 0 spiro atoms. The molecule has 2 heteroatoms. The Morgan fingerprint density at radius 2 is 0.603 bits per heavy atom. The van der Waals surface area contributed by atoms with E-state index in [9.17, 15) is 0 Å². The van der Waals surface area contributed by atoms with Gasteiger partial charge in [0.15, 0.2) is 5.82 Å². The average molecular weight is 737 g/mol. The average Bonchev–Trinajstić information content (AvgIpc) is 3.31. The molecule has 0 aliphatic rings. The Hall–Kier alpha value is -7.68. The van der Waals surface area contributed by atoms with E-state index in [1.165, 1.54) is 70.4 Å². The van der Waals surface area contributed by atoms with Gasteiger partial charge in [0.25, 0.3) is 0 Å². The largest absolute Gasteiger partial charge is 0.228 e. The molecule has 0 saturated carbocycles. The van der Waals surface area contributed by atoms with Crippen molar-refractivity contribution in [1.29, 1.82) is 0 Å².